The van der Waals surface area contributed by atoms with Crippen molar-refractivity contribution >= 4 is 45.0 Å². The third-order valence-corrected chi connectivity index (χ3v) is 6.87. The van der Waals surface area contributed by atoms with Crippen LogP contribution in [-0.4, -0.2) is 32.5 Å². The second kappa shape index (κ2) is 7.53. The van der Waals surface area contributed by atoms with Gasteiger partial charge < -0.3 is 5.32 Å². The number of sulfonamides is 1. The zero-order valence-electron chi connectivity index (χ0n) is 11.7. The van der Waals surface area contributed by atoms with Gasteiger partial charge in [-0.2, -0.15) is 11.8 Å². The van der Waals surface area contributed by atoms with Crippen molar-refractivity contribution in [3.63, 3.8) is 0 Å². The van der Waals surface area contributed by atoms with Gasteiger partial charge in [0.2, 0.25) is 10.0 Å². The van der Waals surface area contributed by atoms with Gasteiger partial charge in [0.05, 0.1) is 5.02 Å². The van der Waals surface area contributed by atoms with E-state index in [4.69, 9.17) is 23.2 Å². The van der Waals surface area contributed by atoms with E-state index >= 15 is 0 Å². The molecule has 1 aromatic rings. The molecule has 1 aliphatic heterocycles. The summed E-state index contributed by atoms with van der Waals surface area (Å²) in [6.07, 6.45) is 0.847. The highest BCUT2D eigenvalue weighted by atomic mass is 35.5. The van der Waals surface area contributed by atoms with Crippen LogP contribution in [0.25, 0.3) is 0 Å². The molecule has 0 spiro atoms. The number of benzene rings is 1. The second-order valence-corrected chi connectivity index (χ2v) is 8.42. The van der Waals surface area contributed by atoms with Crippen LogP contribution in [0.3, 0.4) is 0 Å². The molecule has 1 aromatic carbocycles. The highest BCUT2D eigenvalue weighted by Crippen LogP contribution is 2.31. The molecule has 0 aliphatic carbocycles. The van der Waals surface area contributed by atoms with E-state index in [2.05, 4.69) is 10.0 Å². The Kier molecular flexibility index (Phi) is 6.23. The van der Waals surface area contributed by atoms with Gasteiger partial charge in [0.25, 0.3) is 0 Å². The van der Waals surface area contributed by atoms with Crippen LogP contribution in [0.4, 0.5) is 0 Å². The number of halogens is 2. The average Bonchev–Trinajstić information content (AvgIpc) is 2.90. The zero-order chi connectivity index (χ0) is 15.5. The van der Waals surface area contributed by atoms with Crippen molar-refractivity contribution in [2.45, 2.75) is 30.8 Å². The molecule has 118 valence electrons. The predicted octanol–water partition coefficient (Wildman–Crippen LogP) is 2.89. The average molecular weight is 369 g/mol. The Morgan fingerprint density at radius 3 is 2.76 bits per heavy atom. The fourth-order valence-corrected chi connectivity index (χ4v) is 5.55. The van der Waals surface area contributed by atoms with Gasteiger partial charge >= 0.3 is 0 Å². The molecule has 2 N–H and O–H groups in total. The summed E-state index contributed by atoms with van der Waals surface area (Å²) in [4.78, 5) is 0.0957. The maximum absolute atomic E-state index is 12.5. The van der Waals surface area contributed by atoms with Gasteiger partial charge in [0.1, 0.15) is 4.90 Å². The highest BCUT2D eigenvalue weighted by Gasteiger charge is 2.26. The summed E-state index contributed by atoms with van der Waals surface area (Å²) >= 11 is 14.1. The van der Waals surface area contributed by atoms with E-state index in [0.717, 1.165) is 24.5 Å². The second-order valence-electron chi connectivity index (χ2n) is 4.80. The third kappa shape index (κ3) is 4.27. The topological polar surface area (TPSA) is 58.2 Å². The van der Waals surface area contributed by atoms with Crippen LogP contribution in [-0.2, 0) is 16.6 Å². The quantitative estimate of drug-likeness (QED) is 0.810. The summed E-state index contributed by atoms with van der Waals surface area (Å²) in [5.74, 6) is 1.78. The lowest BCUT2D eigenvalue weighted by Crippen LogP contribution is -2.34. The lowest BCUT2D eigenvalue weighted by atomic mass is 10.2. The van der Waals surface area contributed by atoms with Crippen molar-refractivity contribution in [2.24, 2.45) is 0 Å². The van der Waals surface area contributed by atoms with Gasteiger partial charge in [-0.3, -0.25) is 0 Å². The van der Waals surface area contributed by atoms with Crippen LogP contribution in [0.5, 0.6) is 0 Å². The molecule has 0 saturated carbocycles. The minimum absolute atomic E-state index is 0.0241. The van der Waals surface area contributed by atoms with Crippen molar-refractivity contribution in [1.82, 2.24) is 10.0 Å². The molecule has 0 aromatic heterocycles. The van der Waals surface area contributed by atoms with Crippen molar-refractivity contribution in [2.75, 3.05) is 18.1 Å². The Labute approximate surface area is 140 Å². The van der Waals surface area contributed by atoms with Crippen molar-refractivity contribution in [3.8, 4) is 0 Å². The molecule has 1 aliphatic rings. The fourth-order valence-electron chi connectivity index (χ4n) is 2.11. The van der Waals surface area contributed by atoms with E-state index in [9.17, 15) is 8.42 Å². The Hall–Kier alpha value is 0.0200. The molecule has 1 fully saturated rings. The molecule has 0 radical (unpaired) electrons. The first-order valence-corrected chi connectivity index (χ1v) is 10.1. The van der Waals surface area contributed by atoms with E-state index in [1.165, 1.54) is 6.07 Å². The maximum Gasteiger partial charge on any atom is 0.242 e. The van der Waals surface area contributed by atoms with Gasteiger partial charge in [0, 0.05) is 28.9 Å². The van der Waals surface area contributed by atoms with E-state index in [1.54, 1.807) is 17.8 Å². The SMILES string of the molecule is CCNCc1c(Cl)ccc(S(=O)(=O)NC2CCSC2)c1Cl. The number of hydrogen-bond acceptors (Lipinski definition) is 4. The minimum Gasteiger partial charge on any atom is -0.313 e. The molecule has 1 heterocycles. The van der Waals surface area contributed by atoms with Crippen molar-refractivity contribution < 1.29 is 8.42 Å². The number of hydrogen-bond donors (Lipinski definition) is 2. The molecule has 8 heteroatoms. The number of rotatable bonds is 6. The Morgan fingerprint density at radius 1 is 1.38 bits per heavy atom. The maximum atomic E-state index is 12.5. The molecule has 21 heavy (non-hydrogen) atoms. The highest BCUT2D eigenvalue weighted by molar-refractivity contribution is 7.99. The molecular formula is C13H18Cl2N2O2S2. The van der Waals surface area contributed by atoms with Crippen LogP contribution in [0.2, 0.25) is 10.0 Å². The van der Waals surface area contributed by atoms with Gasteiger partial charge in [-0.1, -0.05) is 30.1 Å². The first-order chi connectivity index (χ1) is 9.95. The van der Waals surface area contributed by atoms with Crippen LogP contribution in [0.1, 0.15) is 18.9 Å². The summed E-state index contributed by atoms with van der Waals surface area (Å²) in [5, 5.41) is 3.78. The van der Waals surface area contributed by atoms with Gasteiger partial charge in [0.15, 0.2) is 0 Å². The largest absolute Gasteiger partial charge is 0.313 e. The van der Waals surface area contributed by atoms with Gasteiger partial charge in [-0.25, -0.2) is 13.1 Å². The molecule has 1 unspecified atom stereocenters. The molecule has 0 bridgehead atoms. The van der Waals surface area contributed by atoms with Crippen LogP contribution in [0.15, 0.2) is 17.0 Å². The smallest absolute Gasteiger partial charge is 0.242 e. The first-order valence-electron chi connectivity index (χ1n) is 6.73. The fraction of sp³-hybridized carbons (Fsp3) is 0.538. The Bertz CT molecular complexity index is 602. The molecule has 4 nitrogen and oxygen atoms in total. The molecule has 0 amide bonds. The number of nitrogens with one attached hydrogen (secondary N) is 2. The number of thioether (sulfide) groups is 1. The lowest BCUT2D eigenvalue weighted by Gasteiger charge is -2.15. The molecular weight excluding hydrogens is 351 g/mol. The predicted molar refractivity (Wildman–Crippen MR) is 89.9 cm³/mol. The lowest BCUT2D eigenvalue weighted by molar-refractivity contribution is 0.563. The van der Waals surface area contributed by atoms with E-state index in [-0.39, 0.29) is 16.0 Å². The van der Waals surface area contributed by atoms with Crippen molar-refractivity contribution in [1.29, 1.82) is 0 Å². The van der Waals surface area contributed by atoms with E-state index < -0.39 is 10.0 Å². The standard InChI is InChI=1S/C13H18Cl2N2O2S2/c1-2-16-7-10-11(14)3-4-12(13(10)15)21(18,19)17-9-5-6-20-8-9/h3-4,9,16-17H,2,5-8H2,1H3. The molecule has 1 atom stereocenters. The Morgan fingerprint density at radius 2 is 2.14 bits per heavy atom. The first kappa shape index (κ1) is 17.4. The van der Waals surface area contributed by atoms with Crippen LogP contribution < -0.4 is 10.0 Å². The summed E-state index contributed by atoms with van der Waals surface area (Å²) < 4.78 is 27.7. The van der Waals surface area contributed by atoms with Crippen molar-refractivity contribution in [3.05, 3.63) is 27.7 Å². The van der Waals surface area contributed by atoms with E-state index in [0.29, 0.717) is 17.1 Å². The summed E-state index contributed by atoms with van der Waals surface area (Å²) in [5.41, 5.74) is 0.615. The third-order valence-electron chi connectivity index (χ3n) is 3.24. The Balaban J connectivity index is 2.29. The normalized spacial score (nSPS) is 19.1. The summed E-state index contributed by atoms with van der Waals surface area (Å²) in [6.45, 7) is 3.15. The molecule has 2 rings (SSSR count). The molecule has 1 saturated heterocycles. The van der Waals surface area contributed by atoms with E-state index in [1.807, 2.05) is 6.92 Å². The minimum atomic E-state index is -3.62. The zero-order valence-corrected chi connectivity index (χ0v) is 14.8. The summed E-state index contributed by atoms with van der Waals surface area (Å²) in [6, 6.07) is 3.02. The van der Waals surface area contributed by atoms with Crippen LogP contribution >= 0.6 is 35.0 Å². The summed E-state index contributed by atoms with van der Waals surface area (Å²) in [7, 11) is -3.62. The van der Waals surface area contributed by atoms with Gasteiger partial charge in [-0.05, 0) is 30.9 Å². The van der Waals surface area contributed by atoms with Crippen LogP contribution in [0, 0.1) is 0 Å². The monoisotopic (exact) mass is 368 g/mol. The van der Waals surface area contributed by atoms with Gasteiger partial charge in [-0.15, -0.1) is 0 Å².